The van der Waals surface area contributed by atoms with E-state index in [1.165, 1.54) is 25.1 Å². The Kier molecular flexibility index (Phi) is 7.70. The lowest BCUT2D eigenvalue weighted by molar-refractivity contribution is -0.122. The van der Waals surface area contributed by atoms with Crippen molar-refractivity contribution in [3.05, 3.63) is 58.9 Å². The van der Waals surface area contributed by atoms with Gasteiger partial charge in [0.05, 0.1) is 25.1 Å². The van der Waals surface area contributed by atoms with Gasteiger partial charge in [0.25, 0.3) is 0 Å². The highest BCUT2D eigenvalue weighted by Gasteiger charge is 2.31. The number of anilines is 1. The molecule has 0 radical (unpaired) electrons. The number of aryl methyl sites for hydroxylation is 1. The fourth-order valence-electron chi connectivity index (χ4n) is 3.63. The Labute approximate surface area is 184 Å². The van der Waals surface area contributed by atoms with Crippen LogP contribution < -0.4 is 14.4 Å². The van der Waals surface area contributed by atoms with Crippen LogP contribution in [-0.2, 0) is 14.8 Å². The van der Waals surface area contributed by atoms with Gasteiger partial charge in [-0.1, -0.05) is 26.0 Å². The molecule has 2 aromatic carbocycles. The number of amides is 1. The van der Waals surface area contributed by atoms with Crippen LogP contribution in [0.25, 0.3) is 0 Å². The summed E-state index contributed by atoms with van der Waals surface area (Å²) in [6.07, 6.45) is 0.954. The van der Waals surface area contributed by atoms with Crippen molar-refractivity contribution in [1.82, 2.24) is 5.32 Å². The molecule has 0 unspecified atom stereocenters. The van der Waals surface area contributed by atoms with Crippen molar-refractivity contribution in [2.24, 2.45) is 0 Å². The normalized spacial score (nSPS) is 13.6. The molecule has 0 aliphatic heterocycles. The number of benzene rings is 2. The molecule has 0 aliphatic carbocycles. The molecule has 0 heterocycles. The second-order valence-corrected chi connectivity index (χ2v) is 9.88. The molecule has 0 saturated carbocycles. The molecular formula is C23H31FN2O4S. The van der Waals surface area contributed by atoms with Gasteiger partial charge in [-0.2, -0.15) is 0 Å². The summed E-state index contributed by atoms with van der Waals surface area (Å²) in [4.78, 5) is 13.0. The van der Waals surface area contributed by atoms with E-state index in [0.717, 1.165) is 39.1 Å². The van der Waals surface area contributed by atoms with Crippen molar-refractivity contribution in [3.8, 4) is 5.75 Å². The fraction of sp³-hybridized carbons (Fsp3) is 0.435. The van der Waals surface area contributed by atoms with Crippen molar-refractivity contribution >= 4 is 21.6 Å². The minimum Gasteiger partial charge on any atom is -0.496 e. The highest BCUT2D eigenvalue weighted by molar-refractivity contribution is 7.92. The summed E-state index contributed by atoms with van der Waals surface area (Å²) in [5, 5.41) is 2.87. The van der Waals surface area contributed by atoms with E-state index in [1.54, 1.807) is 7.11 Å². The standard InChI is InChI=1S/C23H31FN2O4S/c1-14(2)18-13-19(15(3)12-22(18)30-6)16(4)25-23(27)17(5)26(31(7,28)29)21-11-9-8-10-20(21)24/h8-14,16-17H,1-7H3,(H,25,27)/t16-,17+/m1/s1. The zero-order chi connectivity index (χ0) is 23.5. The molecule has 0 spiro atoms. The fourth-order valence-corrected chi connectivity index (χ4v) is 4.81. The SMILES string of the molecule is COc1cc(C)c([C@@H](C)NC(=O)[C@H](C)N(c2ccccc2F)S(C)(=O)=O)cc1C(C)C. The van der Waals surface area contributed by atoms with E-state index in [1.807, 2.05) is 26.0 Å². The molecule has 8 heteroatoms. The van der Waals surface area contributed by atoms with Gasteiger partial charge in [-0.05, 0) is 67.6 Å². The summed E-state index contributed by atoms with van der Waals surface area (Å²) in [6, 6.07) is 7.89. The van der Waals surface area contributed by atoms with Gasteiger partial charge in [-0.3, -0.25) is 9.10 Å². The number of para-hydroxylation sites is 1. The maximum absolute atomic E-state index is 14.3. The quantitative estimate of drug-likeness (QED) is 0.651. The molecule has 0 bridgehead atoms. The van der Waals surface area contributed by atoms with Crippen LogP contribution in [0, 0.1) is 12.7 Å². The highest BCUT2D eigenvalue weighted by Crippen LogP contribution is 2.32. The van der Waals surface area contributed by atoms with Gasteiger partial charge in [0.15, 0.2) is 0 Å². The van der Waals surface area contributed by atoms with Crippen LogP contribution in [0.3, 0.4) is 0 Å². The molecule has 1 N–H and O–H groups in total. The van der Waals surface area contributed by atoms with Gasteiger partial charge in [-0.15, -0.1) is 0 Å². The highest BCUT2D eigenvalue weighted by atomic mass is 32.2. The predicted octanol–water partition coefficient (Wildman–Crippen LogP) is 4.30. The van der Waals surface area contributed by atoms with Crippen LogP contribution in [0.4, 0.5) is 10.1 Å². The number of nitrogens with zero attached hydrogens (tertiary/aromatic N) is 1. The number of carbonyl (C=O) groups excluding carboxylic acids is 1. The summed E-state index contributed by atoms with van der Waals surface area (Å²) in [5.41, 5.74) is 2.70. The summed E-state index contributed by atoms with van der Waals surface area (Å²) in [7, 11) is -2.28. The van der Waals surface area contributed by atoms with E-state index in [-0.39, 0.29) is 17.6 Å². The van der Waals surface area contributed by atoms with Gasteiger partial charge < -0.3 is 10.1 Å². The Morgan fingerprint density at radius 1 is 1.10 bits per heavy atom. The first-order chi connectivity index (χ1) is 14.4. The lowest BCUT2D eigenvalue weighted by Crippen LogP contribution is -2.48. The molecular weight excluding hydrogens is 419 g/mol. The lowest BCUT2D eigenvalue weighted by atomic mass is 9.93. The number of nitrogens with one attached hydrogen (secondary N) is 1. The molecule has 31 heavy (non-hydrogen) atoms. The maximum atomic E-state index is 14.3. The van der Waals surface area contributed by atoms with E-state index in [2.05, 4.69) is 19.2 Å². The van der Waals surface area contributed by atoms with Crippen LogP contribution >= 0.6 is 0 Å². The molecule has 0 aromatic heterocycles. The molecule has 0 fully saturated rings. The topological polar surface area (TPSA) is 75.7 Å². The Hall–Kier alpha value is -2.61. The molecule has 1 amide bonds. The summed E-state index contributed by atoms with van der Waals surface area (Å²) in [5.74, 6) is -0.237. The average Bonchev–Trinajstić information content (AvgIpc) is 2.67. The van der Waals surface area contributed by atoms with E-state index in [0.29, 0.717) is 0 Å². The molecule has 6 nitrogen and oxygen atoms in total. The largest absolute Gasteiger partial charge is 0.496 e. The Morgan fingerprint density at radius 2 is 1.71 bits per heavy atom. The number of halogens is 1. The smallest absolute Gasteiger partial charge is 0.244 e. The minimum absolute atomic E-state index is 0.164. The maximum Gasteiger partial charge on any atom is 0.244 e. The number of hydrogen-bond donors (Lipinski definition) is 1. The third kappa shape index (κ3) is 5.55. The van der Waals surface area contributed by atoms with Gasteiger partial charge in [0.2, 0.25) is 15.9 Å². The summed E-state index contributed by atoms with van der Waals surface area (Å²) in [6.45, 7) is 9.31. The number of methoxy groups -OCH3 is 1. The van der Waals surface area contributed by atoms with Crippen LogP contribution in [-0.4, -0.2) is 33.7 Å². The molecule has 0 saturated heterocycles. The van der Waals surface area contributed by atoms with Crippen molar-refractivity contribution in [3.63, 3.8) is 0 Å². The number of carbonyl (C=O) groups is 1. The molecule has 2 atom stereocenters. The summed E-state index contributed by atoms with van der Waals surface area (Å²) >= 11 is 0. The third-order valence-electron chi connectivity index (χ3n) is 5.24. The van der Waals surface area contributed by atoms with Crippen molar-refractivity contribution < 1.29 is 22.3 Å². The van der Waals surface area contributed by atoms with E-state index in [9.17, 15) is 17.6 Å². The second kappa shape index (κ2) is 9.68. The zero-order valence-corrected chi connectivity index (χ0v) is 19.9. The van der Waals surface area contributed by atoms with Gasteiger partial charge in [0.1, 0.15) is 17.6 Å². The first kappa shape index (κ1) is 24.7. The molecule has 170 valence electrons. The first-order valence-corrected chi connectivity index (χ1v) is 12.0. The Bertz CT molecular complexity index is 1050. The lowest BCUT2D eigenvalue weighted by Gasteiger charge is -2.30. The third-order valence-corrected chi connectivity index (χ3v) is 6.47. The van der Waals surface area contributed by atoms with E-state index in [4.69, 9.17) is 4.74 Å². The first-order valence-electron chi connectivity index (χ1n) is 10.1. The monoisotopic (exact) mass is 450 g/mol. The average molecular weight is 451 g/mol. The number of rotatable bonds is 8. The van der Waals surface area contributed by atoms with Crippen molar-refractivity contribution in [1.29, 1.82) is 0 Å². The zero-order valence-electron chi connectivity index (χ0n) is 19.1. The predicted molar refractivity (Wildman–Crippen MR) is 122 cm³/mol. The number of ether oxygens (including phenoxy) is 1. The van der Waals surface area contributed by atoms with Crippen LogP contribution in [0.5, 0.6) is 5.75 Å². The Morgan fingerprint density at radius 3 is 2.23 bits per heavy atom. The minimum atomic E-state index is -3.90. The van der Waals surface area contributed by atoms with Gasteiger partial charge in [-0.25, -0.2) is 12.8 Å². The second-order valence-electron chi connectivity index (χ2n) is 8.02. The van der Waals surface area contributed by atoms with E-state index >= 15 is 0 Å². The van der Waals surface area contributed by atoms with Crippen molar-refractivity contribution in [2.75, 3.05) is 17.7 Å². The van der Waals surface area contributed by atoms with Gasteiger partial charge in [0, 0.05) is 0 Å². The molecule has 2 rings (SSSR count). The van der Waals surface area contributed by atoms with Crippen LogP contribution in [0.1, 0.15) is 56.3 Å². The van der Waals surface area contributed by atoms with E-state index < -0.39 is 27.8 Å². The number of hydrogen-bond acceptors (Lipinski definition) is 4. The van der Waals surface area contributed by atoms with Crippen LogP contribution in [0.15, 0.2) is 36.4 Å². The van der Waals surface area contributed by atoms with Crippen molar-refractivity contribution in [2.45, 2.75) is 52.6 Å². The Balaban J connectivity index is 2.35. The van der Waals surface area contributed by atoms with Gasteiger partial charge >= 0.3 is 0 Å². The summed E-state index contributed by atoms with van der Waals surface area (Å²) < 4.78 is 45.4. The molecule has 0 aliphatic rings. The number of sulfonamides is 1. The van der Waals surface area contributed by atoms with Crippen LogP contribution in [0.2, 0.25) is 0 Å². The molecule has 2 aromatic rings.